The molecule has 116 valence electrons. The molecule has 1 saturated heterocycles. The predicted molar refractivity (Wildman–Crippen MR) is 90.0 cm³/mol. The SMILES string of the molecule is Cc1ccc(N2CCN(C3CCCC3)CC2)c(CCN)c1. The van der Waals surface area contributed by atoms with Gasteiger partial charge in [0.15, 0.2) is 0 Å². The van der Waals surface area contributed by atoms with E-state index >= 15 is 0 Å². The van der Waals surface area contributed by atoms with Crippen molar-refractivity contribution in [3.63, 3.8) is 0 Å². The summed E-state index contributed by atoms with van der Waals surface area (Å²) in [5, 5.41) is 0. The lowest BCUT2D eigenvalue weighted by Crippen LogP contribution is -2.50. The zero-order valence-corrected chi connectivity index (χ0v) is 13.4. The second-order valence-corrected chi connectivity index (χ2v) is 6.63. The van der Waals surface area contributed by atoms with Gasteiger partial charge in [-0.1, -0.05) is 30.5 Å². The van der Waals surface area contributed by atoms with Gasteiger partial charge in [-0.15, -0.1) is 0 Å². The van der Waals surface area contributed by atoms with Crippen molar-refractivity contribution in [1.29, 1.82) is 0 Å². The Bertz CT molecular complexity index is 458. The summed E-state index contributed by atoms with van der Waals surface area (Å²) in [4.78, 5) is 5.29. The van der Waals surface area contributed by atoms with Gasteiger partial charge in [0.2, 0.25) is 0 Å². The first-order valence-electron chi connectivity index (χ1n) is 8.56. The molecule has 0 unspecified atom stereocenters. The topological polar surface area (TPSA) is 32.5 Å². The summed E-state index contributed by atoms with van der Waals surface area (Å²) in [6, 6.07) is 7.71. The highest BCUT2D eigenvalue weighted by atomic mass is 15.3. The average Bonchev–Trinajstić information content (AvgIpc) is 3.02. The van der Waals surface area contributed by atoms with E-state index in [1.807, 2.05) is 0 Å². The molecule has 0 radical (unpaired) electrons. The van der Waals surface area contributed by atoms with Gasteiger partial charge in [-0.2, -0.15) is 0 Å². The molecule has 1 saturated carbocycles. The van der Waals surface area contributed by atoms with E-state index in [4.69, 9.17) is 5.73 Å². The Morgan fingerprint density at radius 2 is 1.81 bits per heavy atom. The summed E-state index contributed by atoms with van der Waals surface area (Å²) in [5.41, 5.74) is 9.96. The van der Waals surface area contributed by atoms with E-state index < -0.39 is 0 Å². The van der Waals surface area contributed by atoms with Gasteiger partial charge in [-0.05, 0) is 44.4 Å². The smallest absolute Gasteiger partial charge is 0.0400 e. The molecule has 1 heterocycles. The Labute approximate surface area is 129 Å². The van der Waals surface area contributed by atoms with Crippen LogP contribution in [-0.4, -0.2) is 43.7 Å². The lowest BCUT2D eigenvalue weighted by molar-refractivity contribution is 0.187. The van der Waals surface area contributed by atoms with Crippen LogP contribution in [0.5, 0.6) is 0 Å². The third-order valence-corrected chi connectivity index (χ3v) is 5.14. The zero-order valence-electron chi connectivity index (χ0n) is 13.4. The summed E-state index contributed by atoms with van der Waals surface area (Å²) in [6.07, 6.45) is 6.69. The highest BCUT2D eigenvalue weighted by Gasteiger charge is 2.26. The number of rotatable bonds is 4. The molecule has 0 atom stereocenters. The maximum atomic E-state index is 5.79. The summed E-state index contributed by atoms with van der Waals surface area (Å²) in [5.74, 6) is 0. The standard InChI is InChI=1S/C18H29N3/c1-15-6-7-18(16(14-15)8-9-19)21-12-10-20(11-13-21)17-4-2-3-5-17/h6-7,14,17H,2-5,8-13,19H2,1H3. The van der Waals surface area contributed by atoms with Gasteiger partial charge >= 0.3 is 0 Å². The van der Waals surface area contributed by atoms with Crippen molar-refractivity contribution < 1.29 is 0 Å². The predicted octanol–water partition coefficient (Wildman–Crippen LogP) is 2.56. The third-order valence-electron chi connectivity index (χ3n) is 5.14. The van der Waals surface area contributed by atoms with Crippen molar-refractivity contribution in [3.05, 3.63) is 29.3 Å². The molecule has 0 spiro atoms. The second-order valence-electron chi connectivity index (χ2n) is 6.63. The largest absolute Gasteiger partial charge is 0.369 e. The molecule has 0 bridgehead atoms. The Morgan fingerprint density at radius 3 is 2.48 bits per heavy atom. The molecule has 3 heteroatoms. The van der Waals surface area contributed by atoms with Crippen LogP contribution in [0.4, 0.5) is 5.69 Å². The normalized spacial score (nSPS) is 21.1. The minimum Gasteiger partial charge on any atom is -0.369 e. The molecule has 2 aliphatic rings. The number of anilines is 1. The Kier molecular flexibility index (Phi) is 4.81. The number of piperazine rings is 1. The monoisotopic (exact) mass is 287 g/mol. The Morgan fingerprint density at radius 1 is 1.10 bits per heavy atom. The van der Waals surface area contributed by atoms with Gasteiger partial charge in [-0.3, -0.25) is 4.90 Å². The number of benzene rings is 1. The van der Waals surface area contributed by atoms with Gasteiger partial charge in [0.25, 0.3) is 0 Å². The minimum atomic E-state index is 0.735. The maximum absolute atomic E-state index is 5.79. The van der Waals surface area contributed by atoms with Crippen LogP contribution in [0.15, 0.2) is 18.2 Å². The molecule has 0 aromatic heterocycles. The number of hydrogen-bond acceptors (Lipinski definition) is 3. The van der Waals surface area contributed by atoms with Crippen molar-refractivity contribution in [3.8, 4) is 0 Å². The second kappa shape index (κ2) is 6.80. The van der Waals surface area contributed by atoms with E-state index in [0.29, 0.717) is 0 Å². The molecule has 2 fully saturated rings. The van der Waals surface area contributed by atoms with Crippen molar-refractivity contribution >= 4 is 5.69 Å². The molecule has 21 heavy (non-hydrogen) atoms. The van der Waals surface area contributed by atoms with Crippen molar-refractivity contribution in [2.45, 2.75) is 45.1 Å². The third kappa shape index (κ3) is 3.41. The van der Waals surface area contributed by atoms with Crippen LogP contribution in [-0.2, 0) is 6.42 Å². The van der Waals surface area contributed by atoms with E-state index in [1.165, 1.54) is 55.6 Å². The van der Waals surface area contributed by atoms with Crippen LogP contribution in [0.1, 0.15) is 36.8 Å². The van der Waals surface area contributed by atoms with E-state index in [1.54, 1.807) is 0 Å². The molecule has 2 N–H and O–H groups in total. The van der Waals surface area contributed by atoms with Crippen LogP contribution in [0, 0.1) is 6.92 Å². The quantitative estimate of drug-likeness (QED) is 0.924. The number of nitrogens with two attached hydrogens (primary N) is 1. The average molecular weight is 287 g/mol. The molecule has 3 nitrogen and oxygen atoms in total. The molecule has 1 aromatic rings. The minimum absolute atomic E-state index is 0.735. The van der Waals surface area contributed by atoms with Crippen molar-refractivity contribution in [2.24, 2.45) is 5.73 Å². The fourth-order valence-corrected chi connectivity index (χ4v) is 3.98. The first-order valence-corrected chi connectivity index (χ1v) is 8.56. The zero-order chi connectivity index (χ0) is 14.7. The van der Waals surface area contributed by atoms with Crippen LogP contribution in [0.3, 0.4) is 0 Å². The van der Waals surface area contributed by atoms with E-state index in [-0.39, 0.29) is 0 Å². The fraction of sp³-hybridized carbons (Fsp3) is 0.667. The molecular weight excluding hydrogens is 258 g/mol. The number of nitrogens with zero attached hydrogens (tertiary/aromatic N) is 2. The maximum Gasteiger partial charge on any atom is 0.0400 e. The summed E-state index contributed by atoms with van der Waals surface area (Å²) < 4.78 is 0. The fourth-order valence-electron chi connectivity index (χ4n) is 3.98. The van der Waals surface area contributed by atoms with Gasteiger partial charge in [-0.25, -0.2) is 0 Å². The molecule has 3 rings (SSSR count). The molecule has 1 aromatic carbocycles. The lowest BCUT2D eigenvalue weighted by atomic mass is 10.0. The van der Waals surface area contributed by atoms with Crippen LogP contribution in [0.25, 0.3) is 0 Å². The van der Waals surface area contributed by atoms with E-state index in [0.717, 1.165) is 32.1 Å². The summed E-state index contributed by atoms with van der Waals surface area (Å²) in [7, 11) is 0. The highest BCUT2D eigenvalue weighted by molar-refractivity contribution is 5.55. The first kappa shape index (κ1) is 14.9. The van der Waals surface area contributed by atoms with Crippen molar-refractivity contribution in [1.82, 2.24) is 4.90 Å². The summed E-state index contributed by atoms with van der Waals surface area (Å²) in [6.45, 7) is 7.68. The van der Waals surface area contributed by atoms with E-state index in [2.05, 4.69) is 34.9 Å². The Balaban J connectivity index is 1.66. The molecule has 0 amide bonds. The number of aryl methyl sites for hydroxylation is 1. The lowest BCUT2D eigenvalue weighted by Gasteiger charge is -2.40. The molecule has 1 aliphatic heterocycles. The van der Waals surface area contributed by atoms with Crippen molar-refractivity contribution in [2.75, 3.05) is 37.6 Å². The molecule has 1 aliphatic carbocycles. The van der Waals surface area contributed by atoms with Gasteiger partial charge in [0.1, 0.15) is 0 Å². The van der Waals surface area contributed by atoms with Crippen LogP contribution >= 0.6 is 0 Å². The molecular formula is C18H29N3. The van der Waals surface area contributed by atoms with Gasteiger partial charge in [0, 0.05) is 37.9 Å². The van der Waals surface area contributed by atoms with Gasteiger partial charge in [0.05, 0.1) is 0 Å². The van der Waals surface area contributed by atoms with Gasteiger partial charge < -0.3 is 10.6 Å². The van der Waals surface area contributed by atoms with Crippen LogP contribution < -0.4 is 10.6 Å². The van der Waals surface area contributed by atoms with Crippen LogP contribution in [0.2, 0.25) is 0 Å². The van der Waals surface area contributed by atoms with E-state index in [9.17, 15) is 0 Å². The summed E-state index contributed by atoms with van der Waals surface area (Å²) >= 11 is 0. The number of hydrogen-bond donors (Lipinski definition) is 1. The highest BCUT2D eigenvalue weighted by Crippen LogP contribution is 2.27. The Hall–Kier alpha value is -1.06. The first-order chi connectivity index (χ1) is 10.3.